The molecule has 3 heterocycles. The molecule has 174 valence electrons. The van der Waals surface area contributed by atoms with Crippen molar-refractivity contribution in [3.8, 4) is 0 Å². The lowest BCUT2D eigenvalue weighted by atomic mass is 10.0. The van der Waals surface area contributed by atoms with Gasteiger partial charge in [0.1, 0.15) is 5.82 Å². The Kier molecular flexibility index (Phi) is 6.01. The monoisotopic (exact) mass is 458 g/mol. The Morgan fingerprint density at radius 3 is 2.85 bits per heavy atom. The maximum absolute atomic E-state index is 13.8. The molecule has 2 aromatic carbocycles. The van der Waals surface area contributed by atoms with Crippen LogP contribution in [-0.4, -0.2) is 32.2 Å². The van der Waals surface area contributed by atoms with E-state index in [1.54, 1.807) is 12.1 Å². The van der Waals surface area contributed by atoms with Crippen LogP contribution < -0.4 is 4.90 Å². The van der Waals surface area contributed by atoms with Crippen molar-refractivity contribution in [2.45, 2.75) is 38.1 Å². The molecule has 0 bridgehead atoms. The summed E-state index contributed by atoms with van der Waals surface area (Å²) < 4.78 is 15.9. The number of fused-ring (bicyclic) bond motifs is 1. The van der Waals surface area contributed by atoms with E-state index in [-0.39, 0.29) is 17.4 Å². The van der Waals surface area contributed by atoms with Gasteiger partial charge >= 0.3 is 5.97 Å². The van der Waals surface area contributed by atoms with E-state index < -0.39 is 5.97 Å². The first-order valence-electron chi connectivity index (χ1n) is 11.7. The summed E-state index contributed by atoms with van der Waals surface area (Å²) in [6, 6.07) is 14.9. The number of carboxylic acids is 1. The summed E-state index contributed by atoms with van der Waals surface area (Å²) in [6.45, 7) is 0.753. The Bertz CT molecular complexity index is 1350. The van der Waals surface area contributed by atoms with E-state index >= 15 is 0 Å². The van der Waals surface area contributed by atoms with Gasteiger partial charge in [-0.05, 0) is 61.4 Å². The van der Waals surface area contributed by atoms with Gasteiger partial charge in [-0.25, -0.2) is 19.2 Å². The van der Waals surface area contributed by atoms with Crippen LogP contribution in [0.3, 0.4) is 0 Å². The first-order valence-corrected chi connectivity index (χ1v) is 11.7. The first-order chi connectivity index (χ1) is 16.5. The highest BCUT2D eigenvalue weighted by Crippen LogP contribution is 2.35. The summed E-state index contributed by atoms with van der Waals surface area (Å²) >= 11 is 0. The van der Waals surface area contributed by atoms with Crippen molar-refractivity contribution >= 4 is 22.8 Å². The molecule has 2 aromatic heterocycles. The summed E-state index contributed by atoms with van der Waals surface area (Å²) in [4.78, 5) is 23.0. The summed E-state index contributed by atoms with van der Waals surface area (Å²) in [6.07, 6.45) is 7.53. The van der Waals surface area contributed by atoms with Gasteiger partial charge in [0.25, 0.3) is 0 Å². The molecule has 1 aliphatic heterocycles. The summed E-state index contributed by atoms with van der Waals surface area (Å²) in [5.41, 5.74) is 4.01. The molecule has 0 aliphatic carbocycles. The van der Waals surface area contributed by atoms with Crippen LogP contribution in [0.25, 0.3) is 10.9 Å². The standard InChI is InChI=1S/C27H27FN4O2/c1-31-17-19(21-10-2-3-12-25(21)31)8-5-11-23-22(26(33)34)16-29-27(30-23)32-14-6-13-24(32)18-7-4-9-20(28)15-18/h2-4,7,9-10,12,15-17,24H,5-6,8,11,13-14H2,1H3,(H,33,34)/t24-/m0/s1. The van der Waals surface area contributed by atoms with Crippen LogP contribution in [0.15, 0.2) is 60.9 Å². The zero-order valence-electron chi connectivity index (χ0n) is 19.1. The van der Waals surface area contributed by atoms with Crippen LogP contribution in [0.5, 0.6) is 0 Å². The van der Waals surface area contributed by atoms with Crippen molar-refractivity contribution in [2.75, 3.05) is 11.4 Å². The van der Waals surface area contributed by atoms with E-state index in [0.29, 0.717) is 18.1 Å². The first kappa shape index (κ1) is 22.1. The molecule has 0 radical (unpaired) electrons. The Labute approximate surface area is 197 Å². The molecule has 0 saturated carbocycles. The minimum absolute atomic E-state index is 0.0186. The van der Waals surface area contributed by atoms with E-state index in [4.69, 9.17) is 4.98 Å². The quantitative estimate of drug-likeness (QED) is 0.406. The number of rotatable bonds is 7. The number of nitrogens with zero attached hydrogens (tertiary/aromatic N) is 4. The minimum atomic E-state index is -1.02. The molecule has 1 atom stereocenters. The molecule has 1 N–H and O–H groups in total. The summed E-state index contributed by atoms with van der Waals surface area (Å²) in [7, 11) is 2.04. The van der Waals surface area contributed by atoms with E-state index in [0.717, 1.165) is 37.8 Å². The number of aromatic carboxylic acids is 1. The molecule has 0 unspecified atom stereocenters. The number of benzene rings is 2. The van der Waals surface area contributed by atoms with Gasteiger partial charge in [-0.15, -0.1) is 0 Å². The highest BCUT2D eigenvalue weighted by Gasteiger charge is 2.29. The highest BCUT2D eigenvalue weighted by atomic mass is 19.1. The second-order valence-electron chi connectivity index (χ2n) is 8.88. The van der Waals surface area contributed by atoms with E-state index in [9.17, 15) is 14.3 Å². The number of anilines is 1. The molecule has 1 aliphatic rings. The molecule has 5 rings (SSSR count). The average Bonchev–Trinajstić information content (AvgIpc) is 3.44. The van der Waals surface area contributed by atoms with Crippen molar-refractivity contribution in [3.63, 3.8) is 0 Å². The van der Waals surface area contributed by atoms with Crippen molar-refractivity contribution in [3.05, 3.63) is 89.1 Å². The molecule has 0 spiro atoms. The van der Waals surface area contributed by atoms with Gasteiger partial charge in [-0.1, -0.05) is 30.3 Å². The lowest BCUT2D eigenvalue weighted by Gasteiger charge is -2.25. The molecular weight excluding hydrogens is 431 g/mol. The van der Waals surface area contributed by atoms with Gasteiger partial charge < -0.3 is 14.6 Å². The van der Waals surface area contributed by atoms with Crippen molar-refractivity contribution in [1.29, 1.82) is 0 Å². The molecule has 4 aromatic rings. The fraction of sp³-hybridized carbons (Fsp3) is 0.296. The molecule has 34 heavy (non-hydrogen) atoms. The van der Waals surface area contributed by atoms with Crippen molar-refractivity contribution < 1.29 is 14.3 Å². The predicted octanol–water partition coefficient (Wildman–Crippen LogP) is 5.32. The van der Waals surface area contributed by atoms with Gasteiger partial charge in [0, 0.05) is 36.9 Å². The molecular formula is C27H27FN4O2. The van der Waals surface area contributed by atoms with Crippen LogP contribution in [-0.2, 0) is 19.9 Å². The van der Waals surface area contributed by atoms with E-state index in [1.807, 2.05) is 25.2 Å². The second kappa shape index (κ2) is 9.25. The summed E-state index contributed by atoms with van der Waals surface area (Å²) in [5.74, 6) is -0.771. The zero-order valence-corrected chi connectivity index (χ0v) is 19.1. The third-order valence-corrected chi connectivity index (χ3v) is 6.67. The Morgan fingerprint density at radius 2 is 2.03 bits per heavy atom. The van der Waals surface area contributed by atoms with Gasteiger partial charge in [0.05, 0.1) is 17.3 Å². The third-order valence-electron chi connectivity index (χ3n) is 6.67. The van der Waals surface area contributed by atoms with Crippen molar-refractivity contribution in [2.24, 2.45) is 7.05 Å². The molecule has 6 nitrogen and oxygen atoms in total. The normalized spacial score (nSPS) is 15.8. The smallest absolute Gasteiger partial charge is 0.339 e. The SMILES string of the molecule is Cn1cc(CCCc2nc(N3CCC[C@H]3c3cccc(F)c3)ncc2C(=O)O)c2ccccc21. The maximum Gasteiger partial charge on any atom is 0.339 e. The van der Waals surface area contributed by atoms with E-state index in [1.165, 1.54) is 28.7 Å². The number of para-hydroxylation sites is 1. The van der Waals surface area contributed by atoms with Crippen LogP contribution in [0.4, 0.5) is 10.3 Å². The Morgan fingerprint density at radius 1 is 1.18 bits per heavy atom. The number of aromatic nitrogens is 3. The summed E-state index contributed by atoms with van der Waals surface area (Å²) in [5, 5.41) is 10.9. The van der Waals surface area contributed by atoms with Crippen molar-refractivity contribution in [1.82, 2.24) is 14.5 Å². The van der Waals surface area contributed by atoms with Gasteiger partial charge in [0.15, 0.2) is 0 Å². The third kappa shape index (κ3) is 4.25. The van der Waals surface area contributed by atoms with Crippen LogP contribution in [0.2, 0.25) is 0 Å². The molecule has 0 amide bonds. The second-order valence-corrected chi connectivity index (χ2v) is 8.88. The number of carboxylic acid groups (broad SMARTS) is 1. The lowest BCUT2D eigenvalue weighted by Crippen LogP contribution is -2.25. The Hall–Kier alpha value is -3.74. The van der Waals surface area contributed by atoms with Gasteiger partial charge in [0.2, 0.25) is 5.95 Å². The fourth-order valence-corrected chi connectivity index (χ4v) is 5.05. The van der Waals surface area contributed by atoms with Crippen LogP contribution in [0.1, 0.15) is 52.5 Å². The number of hydrogen-bond donors (Lipinski definition) is 1. The zero-order chi connectivity index (χ0) is 23.7. The van der Waals surface area contributed by atoms with Gasteiger partial charge in [-0.3, -0.25) is 0 Å². The Balaban J connectivity index is 1.38. The van der Waals surface area contributed by atoms with E-state index in [2.05, 4.69) is 32.8 Å². The largest absolute Gasteiger partial charge is 0.478 e. The number of aryl methyl sites for hydroxylation is 3. The van der Waals surface area contributed by atoms with Crippen LogP contribution >= 0.6 is 0 Å². The number of hydrogen-bond acceptors (Lipinski definition) is 4. The lowest BCUT2D eigenvalue weighted by molar-refractivity contribution is 0.0694. The molecule has 7 heteroatoms. The van der Waals surface area contributed by atoms with Crippen LogP contribution in [0, 0.1) is 5.82 Å². The maximum atomic E-state index is 13.8. The number of carbonyl (C=O) groups is 1. The molecule has 1 fully saturated rings. The minimum Gasteiger partial charge on any atom is -0.478 e. The number of halogens is 1. The fourth-order valence-electron chi connectivity index (χ4n) is 5.05. The van der Waals surface area contributed by atoms with Gasteiger partial charge in [-0.2, -0.15) is 0 Å². The predicted molar refractivity (Wildman–Crippen MR) is 130 cm³/mol. The highest BCUT2D eigenvalue weighted by molar-refractivity contribution is 5.88. The topological polar surface area (TPSA) is 71.2 Å². The molecule has 1 saturated heterocycles. The average molecular weight is 459 g/mol.